The molecule has 0 aromatic carbocycles. The smallest absolute Gasteiger partial charge is 0.128 e. The number of anilines is 1. The molecule has 90 valence electrons. The number of halogens is 1. The molecular weight excluding hydrogens is 252 g/mol. The normalized spacial score (nSPS) is 10.5. The Morgan fingerprint density at radius 1 is 1.35 bits per heavy atom. The van der Waals surface area contributed by atoms with Crippen molar-refractivity contribution < 1.29 is 0 Å². The van der Waals surface area contributed by atoms with E-state index in [0.29, 0.717) is 5.88 Å². The van der Waals surface area contributed by atoms with Crippen molar-refractivity contribution in [3.05, 3.63) is 46.3 Å². The van der Waals surface area contributed by atoms with Crippen molar-refractivity contribution >= 4 is 28.8 Å². The van der Waals surface area contributed by atoms with E-state index in [0.717, 1.165) is 24.3 Å². The third kappa shape index (κ3) is 3.45. The van der Waals surface area contributed by atoms with Gasteiger partial charge in [-0.15, -0.1) is 22.9 Å². The highest BCUT2D eigenvalue weighted by Gasteiger charge is 2.03. The number of hydrogen-bond acceptors (Lipinski definition) is 3. The maximum Gasteiger partial charge on any atom is 0.128 e. The molecule has 0 saturated heterocycles. The van der Waals surface area contributed by atoms with Crippen LogP contribution in [0.5, 0.6) is 0 Å². The van der Waals surface area contributed by atoms with Crippen LogP contribution in [0.1, 0.15) is 10.4 Å². The lowest BCUT2D eigenvalue weighted by Crippen LogP contribution is -2.21. The minimum Gasteiger partial charge on any atom is -0.359 e. The van der Waals surface area contributed by atoms with Gasteiger partial charge < -0.3 is 4.90 Å². The van der Waals surface area contributed by atoms with E-state index in [-0.39, 0.29) is 0 Å². The van der Waals surface area contributed by atoms with E-state index < -0.39 is 0 Å². The van der Waals surface area contributed by atoms with E-state index >= 15 is 0 Å². The number of rotatable bonds is 5. The van der Waals surface area contributed by atoms with Gasteiger partial charge in [-0.2, -0.15) is 0 Å². The van der Waals surface area contributed by atoms with Gasteiger partial charge in [0.1, 0.15) is 5.82 Å². The second kappa shape index (κ2) is 6.03. The third-order valence-electron chi connectivity index (χ3n) is 2.63. The monoisotopic (exact) mass is 266 g/mol. The first-order chi connectivity index (χ1) is 8.29. The average molecular weight is 267 g/mol. The van der Waals surface area contributed by atoms with Crippen LogP contribution < -0.4 is 4.90 Å². The highest BCUT2D eigenvalue weighted by atomic mass is 35.5. The molecule has 2 aromatic rings. The molecule has 0 aliphatic carbocycles. The van der Waals surface area contributed by atoms with Crippen molar-refractivity contribution in [3.8, 4) is 0 Å². The average Bonchev–Trinajstić information content (AvgIpc) is 2.89. The number of thiophene rings is 1. The molecule has 4 heteroatoms. The minimum atomic E-state index is 0.520. The van der Waals surface area contributed by atoms with E-state index in [1.54, 1.807) is 11.3 Å². The van der Waals surface area contributed by atoms with Gasteiger partial charge in [-0.05, 0) is 29.5 Å². The second-order valence-corrected chi connectivity index (χ2v) is 5.21. The van der Waals surface area contributed by atoms with Crippen LogP contribution in [0, 0.1) is 0 Å². The summed E-state index contributed by atoms with van der Waals surface area (Å²) in [6, 6.07) is 8.30. The van der Waals surface area contributed by atoms with E-state index in [1.807, 2.05) is 18.3 Å². The van der Waals surface area contributed by atoms with Gasteiger partial charge in [0.2, 0.25) is 0 Å². The van der Waals surface area contributed by atoms with Crippen molar-refractivity contribution in [3.63, 3.8) is 0 Å². The SMILES string of the molecule is CN(CCc1cccs1)c1ccc(CCl)cn1. The second-order valence-electron chi connectivity index (χ2n) is 3.91. The van der Waals surface area contributed by atoms with Gasteiger partial charge in [0, 0.05) is 30.5 Å². The van der Waals surface area contributed by atoms with E-state index in [9.17, 15) is 0 Å². The zero-order chi connectivity index (χ0) is 12.1. The van der Waals surface area contributed by atoms with Crippen LogP contribution >= 0.6 is 22.9 Å². The van der Waals surface area contributed by atoms with E-state index in [4.69, 9.17) is 11.6 Å². The van der Waals surface area contributed by atoms with Crippen LogP contribution in [0.2, 0.25) is 0 Å². The molecule has 0 unspecified atom stereocenters. The maximum absolute atomic E-state index is 5.74. The summed E-state index contributed by atoms with van der Waals surface area (Å²) in [5.74, 6) is 1.52. The van der Waals surface area contributed by atoms with E-state index in [2.05, 4.69) is 34.4 Å². The lowest BCUT2D eigenvalue weighted by molar-refractivity contribution is 0.868. The molecule has 2 nitrogen and oxygen atoms in total. The third-order valence-corrected chi connectivity index (χ3v) is 3.87. The molecule has 0 atom stereocenters. The minimum absolute atomic E-state index is 0.520. The summed E-state index contributed by atoms with van der Waals surface area (Å²) < 4.78 is 0. The Morgan fingerprint density at radius 2 is 2.24 bits per heavy atom. The zero-order valence-corrected chi connectivity index (χ0v) is 11.3. The van der Waals surface area contributed by atoms with Gasteiger partial charge in [0.15, 0.2) is 0 Å². The van der Waals surface area contributed by atoms with Gasteiger partial charge in [0.25, 0.3) is 0 Å². The first-order valence-corrected chi connectivity index (χ1v) is 6.95. The summed E-state index contributed by atoms with van der Waals surface area (Å²) in [7, 11) is 2.07. The van der Waals surface area contributed by atoms with Gasteiger partial charge in [-0.3, -0.25) is 0 Å². The predicted molar refractivity (Wildman–Crippen MR) is 75.1 cm³/mol. The van der Waals surface area contributed by atoms with Crippen LogP contribution in [0.4, 0.5) is 5.82 Å². The molecule has 0 bridgehead atoms. The van der Waals surface area contributed by atoms with Crippen LogP contribution in [0.15, 0.2) is 35.8 Å². The van der Waals surface area contributed by atoms with Crippen LogP contribution in [0.25, 0.3) is 0 Å². The van der Waals surface area contributed by atoms with E-state index in [1.165, 1.54) is 4.88 Å². The number of hydrogen-bond donors (Lipinski definition) is 0. The summed E-state index contributed by atoms with van der Waals surface area (Å²) in [6.45, 7) is 0.980. The number of nitrogens with zero attached hydrogens (tertiary/aromatic N) is 2. The molecule has 17 heavy (non-hydrogen) atoms. The van der Waals surface area contributed by atoms with Gasteiger partial charge in [-0.1, -0.05) is 12.1 Å². The summed E-state index contributed by atoms with van der Waals surface area (Å²) in [5.41, 5.74) is 1.06. The van der Waals surface area contributed by atoms with Gasteiger partial charge in [0.05, 0.1) is 0 Å². The topological polar surface area (TPSA) is 16.1 Å². The van der Waals surface area contributed by atoms with Gasteiger partial charge in [-0.25, -0.2) is 4.98 Å². The lowest BCUT2D eigenvalue weighted by Gasteiger charge is -2.17. The largest absolute Gasteiger partial charge is 0.359 e. The number of alkyl halides is 1. The highest BCUT2D eigenvalue weighted by molar-refractivity contribution is 7.09. The molecule has 0 spiro atoms. The highest BCUT2D eigenvalue weighted by Crippen LogP contribution is 2.14. The van der Waals surface area contributed by atoms with Gasteiger partial charge >= 0.3 is 0 Å². The molecule has 0 fully saturated rings. The van der Waals surface area contributed by atoms with Crippen LogP contribution in [-0.4, -0.2) is 18.6 Å². The molecule has 0 aliphatic heterocycles. The van der Waals surface area contributed by atoms with Crippen molar-refractivity contribution in [1.29, 1.82) is 0 Å². The molecular formula is C13H15ClN2S. The Hall–Kier alpha value is -1.06. The molecule has 0 N–H and O–H groups in total. The fourth-order valence-electron chi connectivity index (χ4n) is 1.57. The summed E-state index contributed by atoms with van der Waals surface area (Å²) in [6.07, 6.45) is 2.90. The molecule has 2 aromatic heterocycles. The Kier molecular flexibility index (Phi) is 4.40. The Morgan fingerprint density at radius 3 is 2.82 bits per heavy atom. The summed E-state index contributed by atoms with van der Waals surface area (Å²) in [4.78, 5) is 7.97. The Labute approximate surface area is 111 Å². The molecule has 0 saturated carbocycles. The maximum atomic E-state index is 5.74. The zero-order valence-electron chi connectivity index (χ0n) is 9.77. The lowest BCUT2D eigenvalue weighted by atomic mass is 10.3. The molecule has 2 rings (SSSR count). The van der Waals surface area contributed by atoms with Crippen molar-refractivity contribution in [1.82, 2.24) is 4.98 Å². The van der Waals surface area contributed by atoms with Crippen molar-refractivity contribution in [2.75, 3.05) is 18.5 Å². The van der Waals surface area contributed by atoms with Crippen molar-refractivity contribution in [2.45, 2.75) is 12.3 Å². The predicted octanol–water partition coefficient (Wildman–Crippen LogP) is 3.56. The molecule has 0 amide bonds. The van der Waals surface area contributed by atoms with Crippen LogP contribution in [0.3, 0.4) is 0 Å². The van der Waals surface area contributed by atoms with Crippen molar-refractivity contribution in [2.24, 2.45) is 0 Å². The molecule has 2 heterocycles. The Bertz CT molecular complexity index is 439. The quantitative estimate of drug-likeness (QED) is 0.770. The Balaban J connectivity index is 1.92. The fraction of sp³-hybridized carbons (Fsp3) is 0.308. The number of pyridine rings is 1. The first-order valence-electron chi connectivity index (χ1n) is 5.54. The first kappa shape index (κ1) is 12.4. The molecule has 0 aliphatic rings. The van der Waals surface area contributed by atoms with Crippen LogP contribution in [-0.2, 0) is 12.3 Å². The fourth-order valence-corrected chi connectivity index (χ4v) is 2.43. The summed E-state index contributed by atoms with van der Waals surface area (Å²) in [5, 5.41) is 2.11. The molecule has 0 radical (unpaired) electrons. The number of likely N-dealkylation sites (N-methyl/N-ethyl adjacent to an activating group) is 1. The summed E-state index contributed by atoms with van der Waals surface area (Å²) >= 11 is 7.54. The number of aromatic nitrogens is 1. The standard InChI is InChI=1S/C13H15ClN2S/c1-16(7-6-12-3-2-8-17-12)13-5-4-11(9-14)10-15-13/h2-5,8,10H,6-7,9H2,1H3.